The molecule has 0 radical (unpaired) electrons. The molecule has 9 heteroatoms. The fourth-order valence-corrected chi connectivity index (χ4v) is 4.05. The van der Waals surface area contributed by atoms with E-state index in [1.807, 2.05) is 4.90 Å². The van der Waals surface area contributed by atoms with Crippen molar-refractivity contribution < 1.29 is 18.5 Å². The molecule has 3 heterocycles. The molecule has 1 aliphatic carbocycles. The first-order valence-electron chi connectivity index (χ1n) is 10.3. The Kier molecular flexibility index (Phi) is 5.64. The lowest BCUT2D eigenvalue weighted by molar-refractivity contribution is -0.132. The third-order valence-corrected chi connectivity index (χ3v) is 5.98. The molecule has 0 N–H and O–H groups in total. The number of hydrogen-bond donors (Lipinski definition) is 0. The summed E-state index contributed by atoms with van der Waals surface area (Å²) in [7, 11) is 0. The molecule has 156 valence electrons. The smallest absolute Gasteiger partial charge is 0.291 e. The Labute approximate surface area is 169 Å². The van der Waals surface area contributed by atoms with Gasteiger partial charge in [0.05, 0.1) is 5.69 Å². The topological polar surface area (TPSA) is 106 Å². The standard InChI is InChI=1S/C20H27N5O4/c1-13-18(28-12-21-13)20(27)24-9-4-7-16(11-24)25(14(2)26)10-8-17-22-19(29-23-17)15-5-3-6-15/h12,15-16H,3-11H2,1-2H3. The van der Waals surface area contributed by atoms with E-state index in [-0.39, 0.29) is 23.6 Å². The molecule has 2 aromatic rings. The number of amides is 2. The van der Waals surface area contributed by atoms with Crippen LogP contribution in [0.5, 0.6) is 0 Å². The minimum Gasteiger partial charge on any atom is -0.438 e. The predicted molar refractivity (Wildman–Crippen MR) is 102 cm³/mol. The molecule has 4 rings (SSSR count). The summed E-state index contributed by atoms with van der Waals surface area (Å²) in [6.45, 7) is 4.96. The quantitative estimate of drug-likeness (QED) is 0.731. The Morgan fingerprint density at radius 2 is 2.10 bits per heavy atom. The van der Waals surface area contributed by atoms with E-state index in [0.29, 0.717) is 43.5 Å². The summed E-state index contributed by atoms with van der Waals surface area (Å²) >= 11 is 0. The molecule has 0 spiro atoms. The number of oxazole rings is 1. The van der Waals surface area contributed by atoms with Gasteiger partial charge in [-0.2, -0.15) is 4.98 Å². The molecule has 0 bridgehead atoms. The lowest BCUT2D eigenvalue weighted by Crippen LogP contribution is -2.51. The first-order chi connectivity index (χ1) is 14.0. The number of piperidine rings is 1. The van der Waals surface area contributed by atoms with Crippen molar-refractivity contribution in [1.29, 1.82) is 0 Å². The summed E-state index contributed by atoms with van der Waals surface area (Å²) in [4.78, 5) is 37.2. The number of aryl methyl sites for hydroxylation is 1. The summed E-state index contributed by atoms with van der Waals surface area (Å²) in [5.41, 5.74) is 0.583. The maximum Gasteiger partial charge on any atom is 0.291 e. The Bertz CT molecular complexity index is 872. The fraction of sp³-hybridized carbons (Fsp3) is 0.650. The van der Waals surface area contributed by atoms with Gasteiger partial charge in [0, 0.05) is 44.9 Å². The second-order valence-corrected chi connectivity index (χ2v) is 7.95. The van der Waals surface area contributed by atoms with Crippen molar-refractivity contribution in [3.63, 3.8) is 0 Å². The number of aromatic nitrogens is 3. The van der Waals surface area contributed by atoms with Gasteiger partial charge in [-0.15, -0.1) is 0 Å². The Hall–Kier alpha value is -2.71. The molecule has 1 atom stereocenters. The molecule has 1 aliphatic heterocycles. The third-order valence-electron chi connectivity index (χ3n) is 5.98. The molecule has 2 amide bonds. The monoisotopic (exact) mass is 401 g/mol. The van der Waals surface area contributed by atoms with Crippen molar-refractivity contribution >= 4 is 11.8 Å². The van der Waals surface area contributed by atoms with E-state index in [1.54, 1.807) is 18.7 Å². The van der Waals surface area contributed by atoms with Gasteiger partial charge in [-0.25, -0.2) is 4.98 Å². The number of rotatable bonds is 6. The van der Waals surface area contributed by atoms with Crippen LogP contribution in [-0.4, -0.2) is 62.4 Å². The number of carbonyl (C=O) groups is 2. The summed E-state index contributed by atoms with van der Waals surface area (Å²) in [5, 5.41) is 4.07. The lowest BCUT2D eigenvalue weighted by Gasteiger charge is -2.38. The van der Waals surface area contributed by atoms with Crippen molar-refractivity contribution in [1.82, 2.24) is 24.9 Å². The van der Waals surface area contributed by atoms with E-state index in [4.69, 9.17) is 8.94 Å². The van der Waals surface area contributed by atoms with Crippen molar-refractivity contribution in [3.8, 4) is 0 Å². The highest BCUT2D eigenvalue weighted by Crippen LogP contribution is 2.35. The van der Waals surface area contributed by atoms with E-state index < -0.39 is 0 Å². The van der Waals surface area contributed by atoms with Crippen LogP contribution in [0, 0.1) is 6.92 Å². The molecule has 1 saturated carbocycles. The summed E-state index contributed by atoms with van der Waals surface area (Å²) < 4.78 is 10.6. The number of likely N-dealkylation sites (tertiary alicyclic amines) is 1. The maximum atomic E-state index is 12.8. The molecular weight excluding hydrogens is 374 g/mol. The first kappa shape index (κ1) is 19.6. The van der Waals surface area contributed by atoms with Crippen LogP contribution in [0.1, 0.15) is 72.9 Å². The van der Waals surface area contributed by atoms with E-state index in [2.05, 4.69) is 15.1 Å². The van der Waals surface area contributed by atoms with Crippen LogP contribution in [0.25, 0.3) is 0 Å². The summed E-state index contributed by atoms with van der Waals surface area (Å²) in [5.74, 6) is 1.85. The van der Waals surface area contributed by atoms with Gasteiger partial charge in [-0.1, -0.05) is 11.6 Å². The van der Waals surface area contributed by atoms with Gasteiger partial charge in [-0.05, 0) is 32.6 Å². The minimum atomic E-state index is -0.170. The van der Waals surface area contributed by atoms with Crippen LogP contribution < -0.4 is 0 Å². The average molecular weight is 401 g/mol. The molecular formula is C20H27N5O4. The van der Waals surface area contributed by atoms with Crippen LogP contribution in [0.2, 0.25) is 0 Å². The molecule has 0 aromatic carbocycles. The highest BCUT2D eigenvalue weighted by molar-refractivity contribution is 5.92. The zero-order valence-corrected chi connectivity index (χ0v) is 17.0. The van der Waals surface area contributed by atoms with Crippen LogP contribution in [0.3, 0.4) is 0 Å². The SMILES string of the molecule is CC(=O)N(CCc1noc(C2CCC2)n1)C1CCCN(C(=O)c2ocnc2C)C1. The van der Waals surface area contributed by atoms with Gasteiger partial charge < -0.3 is 18.7 Å². The lowest BCUT2D eigenvalue weighted by atomic mass is 9.85. The molecule has 2 aliphatic rings. The number of carbonyl (C=O) groups excluding carboxylic acids is 2. The van der Waals surface area contributed by atoms with Crippen molar-refractivity contribution in [2.75, 3.05) is 19.6 Å². The van der Waals surface area contributed by atoms with Crippen LogP contribution in [-0.2, 0) is 11.2 Å². The number of hydrogen-bond acceptors (Lipinski definition) is 7. The number of nitrogens with zero attached hydrogens (tertiary/aromatic N) is 5. The molecule has 1 unspecified atom stereocenters. The van der Waals surface area contributed by atoms with Gasteiger partial charge in [0.2, 0.25) is 17.6 Å². The Balaban J connectivity index is 1.38. The molecule has 29 heavy (non-hydrogen) atoms. The second-order valence-electron chi connectivity index (χ2n) is 7.95. The van der Waals surface area contributed by atoms with Crippen molar-refractivity contribution in [2.45, 2.75) is 64.3 Å². The average Bonchev–Trinajstić information content (AvgIpc) is 3.29. The Morgan fingerprint density at radius 3 is 2.76 bits per heavy atom. The van der Waals surface area contributed by atoms with Crippen LogP contribution in [0.15, 0.2) is 15.3 Å². The molecule has 1 saturated heterocycles. The molecule has 2 fully saturated rings. The highest BCUT2D eigenvalue weighted by atomic mass is 16.5. The molecule has 2 aromatic heterocycles. The van der Waals surface area contributed by atoms with Gasteiger partial charge >= 0.3 is 0 Å². The van der Waals surface area contributed by atoms with Gasteiger partial charge in [0.15, 0.2) is 12.2 Å². The minimum absolute atomic E-state index is 0.0112. The van der Waals surface area contributed by atoms with Crippen molar-refractivity contribution in [2.24, 2.45) is 0 Å². The second kappa shape index (κ2) is 8.34. The van der Waals surface area contributed by atoms with E-state index >= 15 is 0 Å². The zero-order valence-electron chi connectivity index (χ0n) is 17.0. The third kappa shape index (κ3) is 4.18. The fourth-order valence-electron chi connectivity index (χ4n) is 4.05. The van der Waals surface area contributed by atoms with Crippen LogP contribution in [0.4, 0.5) is 0 Å². The zero-order chi connectivity index (χ0) is 20.4. The van der Waals surface area contributed by atoms with E-state index in [1.165, 1.54) is 12.8 Å². The van der Waals surface area contributed by atoms with E-state index in [9.17, 15) is 9.59 Å². The largest absolute Gasteiger partial charge is 0.438 e. The Morgan fingerprint density at radius 1 is 1.28 bits per heavy atom. The van der Waals surface area contributed by atoms with Crippen molar-refractivity contribution in [3.05, 3.63) is 29.6 Å². The van der Waals surface area contributed by atoms with Gasteiger partial charge in [0.25, 0.3) is 5.91 Å². The predicted octanol–water partition coefficient (Wildman–Crippen LogP) is 2.33. The summed E-state index contributed by atoms with van der Waals surface area (Å²) in [6, 6.07) is -0.0357. The highest BCUT2D eigenvalue weighted by Gasteiger charge is 2.32. The van der Waals surface area contributed by atoms with Gasteiger partial charge in [-0.3, -0.25) is 9.59 Å². The first-order valence-corrected chi connectivity index (χ1v) is 10.3. The maximum absolute atomic E-state index is 12.8. The van der Waals surface area contributed by atoms with Crippen LogP contribution >= 0.6 is 0 Å². The van der Waals surface area contributed by atoms with E-state index in [0.717, 1.165) is 31.6 Å². The summed E-state index contributed by atoms with van der Waals surface area (Å²) in [6.07, 6.45) is 6.95. The van der Waals surface area contributed by atoms with Gasteiger partial charge in [0.1, 0.15) is 0 Å². The molecule has 9 nitrogen and oxygen atoms in total. The normalized spacial score (nSPS) is 19.8.